The van der Waals surface area contributed by atoms with E-state index in [1.165, 1.54) is 61.4 Å². The van der Waals surface area contributed by atoms with Crippen LogP contribution in [0.15, 0.2) is 48.5 Å². The minimum Gasteiger partial charge on any atom is -0.450 e. The van der Waals surface area contributed by atoms with Crippen LogP contribution in [0.3, 0.4) is 0 Å². The van der Waals surface area contributed by atoms with E-state index in [4.69, 9.17) is 21.7 Å². The first-order valence-corrected chi connectivity index (χ1v) is 17.1. The number of ether oxygens (including phenoxy) is 2. The highest BCUT2D eigenvalue weighted by Crippen LogP contribution is 2.27. The fourth-order valence-corrected chi connectivity index (χ4v) is 4.89. The van der Waals surface area contributed by atoms with Crippen LogP contribution in [0.5, 0.6) is 11.5 Å². The molecule has 0 spiro atoms. The first kappa shape index (κ1) is 36.5. The molecule has 0 saturated carbocycles. The molecule has 0 radical (unpaired) electrons. The van der Waals surface area contributed by atoms with Crippen molar-refractivity contribution < 1.29 is 18.3 Å². The monoisotopic (exact) mass is 786 g/mol. The van der Waals surface area contributed by atoms with Crippen molar-refractivity contribution in [2.24, 2.45) is 0 Å². The SMILES string of the molecule is CCCCCCCCCC(=S)Oc1ccc(I)cc1.CCCCCCCCCC(F)(F)Oc1ccc(I)cc1. The standard InChI is InChI=1S/C16H23F2IO.C16H23IOS/c1-2-3-4-5-6-7-8-13-16(17,18)20-15-11-9-14(19)10-12-15;1-2-3-4-5-6-7-8-9-16(19)18-15-12-10-14(17)11-13-15/h9-12H,2-8,13H2,1H3;10-13H,2-9H2,1H3. The number of benzene rings is 2. The quantitative estimate of drug-likeness (QED) is 0.0803. The molecule has 0 aliphatic carbocycles. The number of halogens is 4. The molecule has 0 amide bonds. The molecule has 2 rings (SSSR count). The van der Waals surface area contributed by atoms with Crippen LogP contribution in [-0.4, -0.2) is 11.2 Å². The summed E-state index contributed by atoms with van der Waals surface area (Å²) in [4.78, 5) is 0. The Morgan fingerprint density at radius 2 is 1.05 bits per heavy atom. The fourth-order valence-electron chi connectivity index (χ4n) is 3.93. The average molecular weight is 787 g/mol. The van der Waals surface area contributed by atoms with Crippen molar-refractivity contribution in [1.82, 2.24) is 0 Å². The summed E-state index contributed by atoms with van der Waals surface area (Å²) < 4.78 is 39.9. The van der Waals surface area contributed by atoms with Crippen LogP contribution < -0.4 is 9.47 Å². The number of alkyl halides is 2. The lowest BCUT2D eigenvalue weighted by atomic mass is 10.1. The first-order chi connectivity index (χ1) is 18.8. The zero-order valence-corrected chi connectivity index (χ0v) is 28.8. The van der Waals surface area contributed by atoms with E-state index in [1.807, 2.05) is 24.3 Å². The highest BCUT2D eigenvalue weighted by atomic mass is 127. The second-order valence-corrected chi connectivity index (χ2v) is 12.8. The Hall–Kier alpha value is -0.550. The number of thiocarbonyl (C=S) groups is 1. The molecule has 0 saturated heterocycles. The van der Waals surface area contributed by atoms with Crippen molar-refractivity contribution in [2.75, 3.05) is 0 Å². The summed E-state index contributed by atoms with van der Waals surface area (Å²) in [5, 5.41) is 0.717. The Bertz CT molecular complexity index is 877. The molecule has 0 aliphatic heterocycles. The summed E-state index contributed by atoms with van der Waals surface area (Å²) in [5.41, 5.74) is 0. The fraction of sp³-hybridized carbons (Fsp3) is 0.594. The lowest BCUT2D eigenvalue weighted by Gasteiger charge is -2.18. The van der Waals surface area contributed by atoms with Crippen LogP contribution in [0, 0.1) is 7.14 Å². The minimum atomic E-state index is -3.06. The smallest absolute Gasteiger partial charge is 0.397 e. The van der Waals surface area contributed by atoms with Crippen molar-refractivity contribution in [2.45, 2.75) is 123 Å². The molecule has 0 aromatic heterocycles. The van der Waals surface area contributed by atoms with Crippen LogP contribution in [0.4, 0.5) is 8.78 Å². The molecule has 0 bridgehead atoms. The van der Waals surface area contributed by atoms with E-state index >= 15 is 0 Å². The Morgan fingerprint density at radius 1 is 0.641 bits per heavy atom. The number of rotatable bonds is 19. The molecule has 39 heavy (non-hydrogen) atoms. The summed E-state index contributed by atoms with van der Waals surface area (Å²) in [6.45, 7) is 4.42. The summed E-state index contributed by atoms with van der Waals surface area (Å²) in [6, 6.07) is 14.7. The molecule has 2 aromatic rings. The number of unbranched alkanes of at least 4 members (excludes halogenated alkanes) is 12. The van der Waals surface area contributed by atoms with E-state index in [1.54, 1.807) is 24.3 Å². The molecule has 0 unspecified atom stereocenters. The molecule has 2 aromatic carbocycles. The maximum Gasteiger partial charge on any atom is 0.397 e. The van der Waals surface area contributed by atoms with Crippen LogP contribution in [0.1, 0.15) is 117 Å². The second kappa shape index (κ2) is 23.1. The van der Waals surface area contributed by atoms with Gasteiger partial charge in [-0.15, -0.1) is 0 Å². The predicted molar refractivity (Wildman–Crippen MR) is 182 cm³/mol. The molecular weight excluding hydrogens is 740 g/mol. The van der Waals surface area contributed by atoms with Gasteiger partial charge in [0.2, 0.25) is 0 Å². The Kier molecular flexibility index (Phi) is 21.6. The van der Waals surface area contributed by atoms with Gasteiger partial charge in [-0.1, -0.05) is 90.9 Å². The summed E-state index contributed by atoms with van der Waals surface area (Å²) in [5.74, 6) is 1.09. The van der Waals surface area contributed by atoms with Crippen molar-refractivity contribution in [3.8, 4) is 11.5 Å². The van der Waals surface area contributed by atoms with Gasteiger partial charge in [-0.3, -0.25) is 0 Å². The van der Waals surface area contributed by atoms with Gasteiger partial charge in [0, 0.05) is 13.6 Å². The van der Waals surface area contributed by atoms with Gasteiger partial charge in [-0.25, -0.2) is 0 Å². The van der Waals surface area contributed by atoms with Gasteiger partial charge in [-0.2, -0.15) is 8.78 Å². The zero-order chi connectivity index (χ0) is 28.8. The van der Waals surface area contributed by atoms with Crippen LogP contribution in [0.25, 0.3) is 0 Å². The summed E-state index contributed by atoms with van der Waals surface area (Å²) in [7, 11) is 0. The summed E-state index contributed by atoms with van der Waals surface area (Å²) >= 11 is 9.68. The average Bonchev–Trinajstić information content (AvgIpc) is 2.90. The Labute approximate surface area is 268 Å². The zero-order valence-electron chi connectivity index (χ0n) is 23.7. The summed E-state index contributed by atoms with van der Waals surface area (Å²) in [6.07, 6.45) is 14.0. The van der Waals surface area contributed by atoms with E-state index in [0.29, 0.717) is 6.42 Å². The van der Waals surface area contributed by atoms with Gasteiger partial charge >= 0.3 is 6.11 Å². The number of hydrogen-bond acceptors (Lipinski definition) is 3. The lowest BCUT2D eigenvalue weighted by molar-refractivity contribution is -0.181. The lowest BCUT2D eigenvalue weighted by Crippen LogP contribution is -2.24. The van der Waals surface area contributed by atoms with E-state index in [2.05, 4.69) is 59.0 Å². The normalized spacial score (nSPS) is 11.0. The molecule has 0 N–H and O–H groups in total. The van der Waals surface area contributed by atoms with Gasteiger partial charge in [-0.05, 0) is 119 Å². The Balaban J connectivity index is 0.000000391. The van der Waals surface area contributed by atoms with Gasteiger partial charge in [0.1, 0.15) is 11.5 Å². The van der Waals surface area contributed by atoms with Crippen molar-refractivity contribution in [3.63, 3.8) is 0 Å². The number of hydrogen-bond donors (Lipinski definition) is 0. The molecule has 0 aliphatic rings. The van der Waals surface area contributed by atoms with E-state index in [-0.39, 0.29) is 12.2 Å². The largest absolute Gasteiger partial charge is 0.450 e. The maximum absolute atomic E-state index is 13.6. The molecule has 0 fully saturated rings. The topological polar surface area (TPSA) is 18.5 Å². The van der Waals surface area contributed by atoms with Crippen LogP contribution in [-0.2, 0) is 0 Å². The third kappa shape index (κ3) is 20.9. The maximum atomic E-state index is 13.6. The molecular formula is C32H46F2I2O2S. The van der Waals surface area contributed by atoms with Crippen molar-refractivity contribution in [3.05, 3.63) is 55.7 Å². The van der Waals surface area contributed by atoms with E-state index < -0.39 is 6.11 Å². The van der Waals surface area contributed by atoms with Crippen LogP contribution in [0.2, 0.25) is 0 Å². The van der Waals surface area contributed by atoms with Crippen molar-refractivity contribution in [1.29, 1.82) is 0 Å². The van der Waals surface area contributed by atoms with E-state index in [0.717, 1.165) is 46.5 Å². The predicted octanol–water partition coefficient (Wildman–Crippen LogP) is 12.5. The molecule has 2 nitrogen and oxygen atoms in total. The third-order valence-corrected chi connectivity index (χ3v) is 7.91. The molecule has 0 atom stereocenters. The Morgan fingerprint density at radius 3 is 1.54 bits per heavy atom. The van der Waals surface area contributed by atoms with Gasteiger partial charge in [0.05, 0.1) is 6.42 Å². The van der Waals surface area contributed by atoms with Gasteiger partial charge in [0.25, 0.3) is 0 Å². The second-order valence-electron chi connectivity index (χ2n) is 9.86. The highest BCUT2D eigenvalue weighted by molar-refractivity contribution is 14.1. The molecule has 7 heteroatoms. The molecule has 0 heterocycles. The van der Waals surface area contributed by atoms with Gasteiger partial charge < -0.3 is 9.47 Å². The van der Waals surface area contributed by atoms with Crippen LogP contribution >= 0.6 is 57.4 Å². The van der Waals surface area contributed by atoms with Gasteiger partial charge in [0.15, 0.2) is 5.05 Å². The molecule has 220 valence electrons. The van der Waals surface area contributed by atoms with E-state index in [9.17, 15) is 8.78 Å². The minimum absolute atomic E-state index is 0.202. The third-order valence-electron chi connectivity index (χ3n) is 6.18. The van der Waals surface area contributed by atoms with Crippen molar-refractivity contribution >= 4 is 62.5 Å². The highest BCUT2D eigenvalue weighted by Gasteiger charge is 2.30. The first-order valence-electron chi connectivity index (χ1n) is 14.5.